The first-order valence-corrected chi connectivity index (χ1v) is 9.35. The number of hydrogen-bond acceptors (Lipinski definition) is 5. The van der Waals surface area contributed by atoms with Gasteiger partial charge in [-0.25, -0.2) is 0 Å². The molecule has 3 atom stereocenters. The van der Waals surface area contributed by atoms with Crippen LogP contribution in [-0.4, -0.2) is 31.7 Å². The molecule has 1 aliphatic rings. The lowest BCUT2D eigenvalue weighted by Gasteiger charge is -2.30. The van der Waals surface area contributed by atoms with Crippen molar-refractivity contribution in [2.45, 2.75) is 44.6 Å². The Morgan fingerprint density at radius 3 is 2.63 bits per heavy atom. The van der Waals surface area contributed by atoms with Gasteiger partial charge >= 0.3 is 0 Å². The predicted molar refractivity (Wildman–Crippen MR) is 105 cm³/mol. The van der Waals surface area contributed by atoms with Crippen LogP contribution in [-0.2, 0) is 11.2 Å². The number of benzene rings is 2. The molecule has 0 radical (unpaired) electrons. The molecule has 0 amide bonds. The Bertz CT molecular complexity index is 775. The maximum atomic E-state index is 10.8. The first kappa shape index (κ1) is 19.7. The molecule has 5 nitrogen and oxygen atoms in total. The van der Waals surface area contributed by atoms with Gasteiger partial charge in [0.1, 0.15) is 5.72 Å². The van der Waals surface area contributed by atoms with Gasteiger partial charge in [-0.2, -0.15) is 0 Å². The van der Waals surface area contributed by atoms with Crippen molar-refractivity contribution < 1.29 is 19.3 Å². The Kier molecular flexibility index (Phi) is 6.05. The Balaban J connectivity index is 1.61. The predicted octanol–water partition coefficient (Wildman–Crippen LogP) is 3.77. The van der Waals surface area contributed by atoms with Crippen LogP contribution in [0.2, 0.25) is 0 Å². The SMILES string of the molecule is COc1ccc(C(C)NC(C)(O)COC2CCc3ccccc32)cc1OC. The summed E-state index contributed by atoms with van der Waals surface area (Å²) in [5.41, 5.74) is 2.43. The van der Waals surface area contributed by atoms with Gasteiger partial charge in [0.25, 0.3) is 0 Å². The highest BCUT2D eigenvalue weighted by atomic mass is 16.5. The molecule has 0 aromatic heterocycles. The van der Waals surface area contributed by atoms with Crippen LogP contribution < -0.4 is 14.8 Å². The van der Waals surface area contributed by atoms with E-state index in [0.29, 0.717) is 11.5 Å². The van der Waals surface area contributed by atoms with Gasteiger partial charge in [0.05, 0.1) is 26.9 Å². The summed E-state index contributed by atoms with van der Waals surface area (Å²) < 4.78 is 16.7. The minimum absolute atomic E-state index is 0.0471. The Morgan fingerprint density at radius 2 is 1.89 bits per heavy atom. The largest absolute Gasteiger partial charge is 0.493 e. The zero-order valence-corrected chi connectivity index (χ0v) is 16.5. The van der Waals surface area contributed by atoms with Crippen molar-refractivity contribution >= 4 is 0 Å². The van der Waals surface area contributed by atoms with Crippen LogP contribution in [0.4, 0.5) is 0 Å². The summed E-state index contributed by atoms with van der Waals surface area (Å²) in [5, 5.41) is 14.0. The summed E-state index contributed by atoms with van der Waals surface area (Å²) in [4.78, 5) is 0. The molecule has 2 aromatic rings. The summed E-state index contributed by atoms with van der Waals surface area (Å²) in [6.45, 7) is 3.95. The third-order valence-electron chi connectivity index (χ3n) is 5.08. The number of nitrogens with one attached hydrogen (secondary N) is 1. The average molecular weight is 371 g/mol. The molecule has 5 heteroatoms. The van der Waals surface area contributed by atoms with E-state index in [1.807, 2.05) is 31.2 Å². The molecule has 0 fully saturated rings. The first-order valence-electron chi connectivity index (χ1n) is 9.35. The standard InChI is InChI=1S/C22H29NO4/c1-15(17-10-12-20(25-3)21(13-17)26-4)23-22(2,24)14-27-19-11-9-16-7-5-6-8-18(16)19/h5-8,10,12-13,15,19,23-24H,9,11,14H2,1-4H3. The Hall–Kier alpha value is -2.08. The number of hydrogen-bond donors (Lipinski definition) is 2. The molecular formula is C22H29NO4. The molecule has 2 aromatic carbocycles. The fourth-order valence-electron chi connectivity index (χ4n) is 3.67. The van der Waals surface area contributed by atoms with E-state index in [9.17, 15) is 5.11 Å². The van der Waals surface area contributed by atoms with Gasteiger partial charge in [0.2, 0.25) is 0 Å². The van der Waals surface area contributed by atoms with E-state index in [0.717, 1.165) is 18.4 Å². The molecule has 0 heterocycles. The van der Waals surface area contributed by atoms with Crippen molar-refractivity contribution in [3.8, 4) is 11.5 Å². The van der Waals surface area contributed by atoms with E-state index in [4.69, 9.17) is 14.2 Å². The van der Waals surface area contributed by atoms with Gasteiger partial charge < -0.3 is 19.3 Å². The monoisotopic (exact) mass is 371 g/mol. The van der Waals surface area contributed by atoms with E-state index >= 15 is 0 Å². The van der Waals surface area contributed by atoms with Gasteiger partial charge in [-0.1, -0.05) is 30.3 Å². The molecule has 27 heavy (non-hydrogen) atoms. The zero-order valence-electron chi connectivity index (χ0n) is 16.5. The molecule has 1 aliphatic carbocycles. The number of rotatable bonds is 8. The molecule has 0 saturated heterocycles. The zero-order chi connectivity index (χ0) is 19.4. The van der Waals surface area contributed by atoms with E-state index in [1.165, 1.54) is 11.1 Å². The molecule has 0 spiro atoms. The summed E-state index contributed by atoms with van der Waals surface area (Å²) in [6.07, 6.45) is 2.03. The summed E-state index contributed by atoms with van der Waals surface area (Å²) >= 11 is 0. The van der Waals surface area contributed by atoms with Crippen LogP contribution in [0, 0.1) is 0 Å². The molecule has 2 N–H and O–H groups in total. The van der Waals surface area contributed by atoms with Crippen LogP contribution in [0.5, 0.6) is 11.5 Å². The second-order valence-corrected chi connectivity index (χ2v) is 7.29. The van der Waals surface area contributed by atoms with Gasteiger partial charge in [-0.15, -0.1) is 0 Å². The number of ether oxygens (including phenoxy) is 3. The lowest BCUT2D eigenvalue weighted by atomic mass is 10.1. The fraction of sp³-hybridized carbons (Fsp3) is 0.455. The number of fused-ring (bicyclic) bond motifs is 1. The molecule has 3 rings (SSSR count). The lowest BCUT2D eigenvalue weighted by molar-refractivity contribution is -0.0868. The highest BCUT2D eigenvalue weighted by Crippen LogP contribution is 2.34. The highest BCUT2D eigenvalue weighted by molar-refractivity contribution is 5.43. The molecule has 3 unspecified atom stereocenters. The number of aliphatic hydroxyl groups is 1. The van der Waals surface area contributed by atoms with Crippen molar-refractivity contribution in [3.05, 3.63) is 59.2 Å². The maximum absolute atomic E-state index is 10.8. The second-order valence-electron chi connectivity index (χ2n) is 7.29. The maximum Gasteiger partial charge on any atom is 0.161 e. The minimum atomic E-state index is -1.15. The van der Waals surface area contributed by atoms with Crippen LogP contribution in [0.15, 0.2) is 42.5 Å². The minimum Gasteiger partial charge on any atom is -0.493 e. The average Bonchev–Trinajstić information content (AvgIpc) is 3.08. The summed E-state index contributed by atoms with van der Waals surface area (Å²) in [7, 11) is 3.23. The van der Waals surface area contributed by atoms with Gasteiger partial charge in [-0.3, -0.25) is 5.32 Å². The quantitative estimate of drug-likeness (QED) is 0.692. The third kappa shape index (κ3) is 4.61. The molecule has 0 aliphatic heterocycles. The van der Waals surface area contributed by atoms with Gasteiger partial charge in [0, 0.05) is 6.04 Å². The van der Waals surface area contributed by atoms with Crippen molar-refractivity contribution in [1.29, 1.82) is 0 Å². The molecule has 0 bridgehead atoms. The normalized spacial score (nSPS) is 19.2. The van der Waals surface area contributed by atoms with E-state index in [-0.39, 0.29) is 18.8 Å². The van der Waals surface area contributed by atoms with Crippen molar-refractivity contribution in [3.63, 3.8) is 0 Å². The fourth-order valence-corrected chi connectivity index (χ4v) is 3.67. The van der Waals surface area contributed by atoms with Gasteiger partial charge in [-0.05, 0) is 55.5 Å². The Labute approximate surface area is 161 Å². The van der Waals surface area contributed by atoms with Crippen LogP contribution in [0.1, 0.15) is 49.1 Å². The van der Waals surface area contributed by atoms with Gasteiger partial charge in [0.15, 0.2) is 11.5 Å². The van der Waals surface area contributed by atoms with Crippen LogP contribution >= 0.6 is 0 Å². The number of methoxy groups -OCH3 is 2. The van der Waals surface area contributed by atoms with Crippen molar-refractivity contribution in [2.24, 2.45) is 0 Å². The van der Waals surface area contributed by atoms with E-state index < -0.39 is 5.72 Å². The van der Waals surface area contributed by atoms with Crippen LogP contribution in [0.3, 0.4) is 0 Å². The van der Waals surface area contributed by atoms with Crippen molar-refractivity contribution in [2.75, 3.05) is 20.8 Å². The molecule has 146 valence electrons. The van der Waals surface area contributed by atoms with Crippen molar-refractivity contribution in [1.82, 2.24) is 5.32 Å². The summed E-state index contributed by atoms with van der Waals surface area (Å²) in [5.74, 6) is 1.35. The first-order chi connectivity index (χ1) is 12.9. The highest BCUT2D eigenvalue weighted by Gasteiger charge is 2.28. The second kappa shape index (κ2) is 8.30. The summed E-state index contributed by atoms with van der Waals surface area (Å²) in [6, 6.07) is 14.0. The van der Waals surface area contributed by atoms with Crippen LogP contribution in [0.25, 0.3) is 0 Å². The topological polar surface area (TPSA) is 60.0 Å². The third-order valence-corrected chi connectivity index (χ3v) is 5.08. The molecular weight excluding hydrogens is 342 g/mol. The van der Waals surface area contributed by atoms with E-state index in [1.54, 1.807) is 21.1 Å². The number of aryl methyl sites for hydroxylation is 1. The molecule has 0 saturated carbocycles. The van der Waals surface area contributed by atoms with E-state index in [2.05, 4.69) is 23.5 Å². The Morgan fingerprint density at radius 1 is 1.15 bits per heavy atom. The smallest absolute Gasteiger partial charge is 0.161 e. The lowest BCUT2D eigenvalue weighted by Crippen LogP contribution is -2.47.